The molecule has 0 spiro atoms. The zero-order valence-corrected chi connectivity index (χ0v) is 16.2. The van der Waals surface area contributed by atoms with Gasteiger partial charge in [0.1, 0.15) is 7.11 Å². The Bertz CT molecular complexity index is 555. The van der Waals surface area contributed by atoms with Crippen LogP contribution in [0.25, 0.3) is 11.3 Å². The van der Waals surface area contributed by atoms with Crippen molar-refractivity contribution in [3.8, 4) is 11.3 Å². The molecule has 2 aromatic rings. The molecule has 3 N–H and O–H groups in total. The summed E-state index contributed by atoms with van der Waals surface area (Å²) in [4.78, 5) is 4.36. The fraction of sp³-hybridized carbons (Fsp3) is 0.389. The van der Waals surface area contributed by atoms with Gasteiger partial charge in [-0.1, -0.05) is 32.9 Å². The Balaban J connectivity index is 0. The average molecular weight is 484 g/mol. The first-order chi connectivity index (χ1) is 10.8. The summed E-state index contributed by atoms with van der Waals surface area (Å²) in [5, 5.41) is 12.8. The molecule has 3 nitrogen and oxygen atoms in total. The maximum absolute atomic E-state index is 8.21. The molecule has 0 aliphatic heterocycles. The van der Waals surface area contributed by atoms with Crippen molar-refractivity contribution < 1.29 is 33.1 Å². The molecule has 0 aliphatic rings. The maximum Gasteiger partial charge on any atom is 0.133 e. The Labute approximate surface area is 150 Å². The average Bonchev–Trinajstić information content (AvgIpc) is 2.58. The van der Waals surface area contributed by atoms with E-state index in [2.05, 4.69) is 11.1 Å². The van der Waals surface area contributed by atoms with Gasteiger partial charge in [-0.15, -0.1) is 35.9 Å². The first kappa shape index (κ1) is 19.0. The molecule has 1 radical (unpaired) electrons. The van der Waals surface area contributed by atoms with Crippen LogP contribution in [0.1, 0.15) is 29.1 Å². The number of pyridine rings is 1. The third-order valence-corrected chi connectivity index (χ3v) is 2.27. The Morgan fingerprint density at radius 3 is 2.23 bits per heavy atom. The second kappa shape index (κ2) is 12.5. The van der Waals surface area contributed by atoms with Crippen LogP contribution in [0.3, 0.4) is 0 Å². The quantitative estimate of drug-likeness (QED) is 0.527. The fourth-order valence-electron chi connectivity index (χ4n) is 1.61. The molecule has 0 bridgehead atoms. The van der Waals surface area contributed by atoms with E-state index in [0.29, 0.717) is 5.56 Å². The van der Waals surface area contributed by atoms with Gasteiger partial charge >= 0.3 is 0 Å². The molecule has 125 valence electrons. The Morgan fingerprint density at radius 1 is 1.18 bits per heavy atom. The van der Waals surface area contributed by atoms with E-state index in [1.165, 1.54) is 7.11 Å². The number of nitrogens with zero attached hydrogens (tertiary/aromatic N) is 1. The van der Waals surface area contributed by atoms with Crippen LogP contribution in [0, 0.1) is 11.5 Å². The molecular formula is C18H27IrNO2. The van der Waals surface area contributed by atoms with Gasteiger partial charge in [0, 0.05) is 36.2 Å². The smallest absolute Gasteiger partial charge is 0.133 e. The van der Waals surface area contributed by atoms with Crippen LogP contribution < -0.4 is 0 Å². The van der Waals surface area contributed by atoms with E-state index in [4.69, 9.17) is 13.0 Å². The van der Waals surface area contributed by atoms with E-state index in [-0.39, 0.29) is 20.1 Å². The van der Waals surface area contributed by atoms with Gasteiger partial charge in [0.25, 0.3) is 0 Å². The third-order valence-electron chi connectivity index (χ3n) is 2.27. The van der Waals surface area contributed by atoms with Crippen LogP contribution in [0.5, 0.6) is 0 Å². The Kier molecular flexibility index (Phi) is 10.8. The van der Waals surface area contributed by atoms with Gasteiger partial charge in [-0.2, -0.15) is 0 Å². The molecule has 0 fully saturated rings. The Hall–Kier alpha value is -1.06. The van der Waals surface area contributed by atoms with Gasteiger partial charge in [-0.05, 0) is 23.0 Å². The Morgan fingerprint density at radius 2 is 1.82 bits per heavy atom. The molecule has 1 aromatic heterocycles. The summed E-state index contributed by atoms with van der Waals surface area (Å²) in [6, 6.07) is 14.4. The minimum absolute atomic E-state index is 0. The molecule has 2 rings (SSSR count). The number of hydrogen-bond donors (Lipinski definition) is 1. The first-order valence-electron chi connectivity index (χ1n) is 7.71. The molecule has 1 heterocycles. The number of aliphatic hydroxyl groups is 1. The van der Waals surface area contributed by atoms with E-state index in [9.17, 15) is 0 Å². The summed E-state index contributed by atoms with van der Waals surface area (Å²) in [7, 11) is 2.25. The van der Waals surface area contributed by atoms with E-state index >= 15 is 0 Å². The summed E-state index contributed by atoms with van der Waals surface area (Å²) >= 11 is 0. The summed E-state index contributed by atoms with van der Waals surface area (Å²) in [5.41, 5.74) is 1.88. The van der Waals surface area contributed by atoms with Crippen molar-refractivity contribution in [2.75, 3.05) is 14.2 Å². The van der Waals surface area contributed by atoms with Crippen LogP contribution in [0.2, 0.25) is 0 Å². The molecule has 0 saturated carbocycles. The van der Waals surface area contributed by atoms with Crippen LogP contribution in [-0.4, -0.2) is 29.4 Å². The largest absolute Gasteiger partial charge is 0.448 e. The van der Waals surface area contributed by atoms with Crippen molar-refractivity contribution in [1.82, 2.24) is 4.98 Å². The SMILES string of the molecule is CO.C[OH2+].[2H]C([2H])(c1ccc(-c2[c-]cccc2)nc1)C(C)(C)C.[Ir]. The van der Waals surface area contributed by atoms with E-state index < -0.39 is 11.8 Å². The first-order valence-corrected chi connectivity index (χ1v) is 6.71. The number of aromatic nitrogens is 1. The minimum Gasteiger partial charge on any atom is -0.448 e. The standard InChI is InChI=1S/C16H18N.2CH4O.Ir/c1-16(2,3)11-13-9-10-15(17-12-13)14-7-5-4-6-8-14;2*1-2;/h4-7,9-10,12H,11H2,1-3H3;2*2H,1H3;/q-1;;;/p+1/i11D2;;;. The topological polar surface area (TPSA) is 56.0 Å². The van der Waals surface area contributed by atoms with Gasteiger partial charge < -0.3 is 15.2 Å². The molecule has 4 heteroatoms. The van der Waals surface area contributed by atoms with Crippen molar-refractivity contribution in [1.29, 1.82) is 0 Å². The van der Waals surface area contributed by atoms with Gasteiger partial charge in [0.05, 0.1) is 0 Å². The normalized spacial score (nSPS) is 11.4. The predicted octanol–water partition coefficient (Wildman–Crippen LogP) is 3.08. The third kappa shape index (κ3) is 9.06. The van der Waals surface area contributed by atoms with E-state index in [1.54, 1.807) is 6.20 Å². The molecule has 1 aromatic carbocycles. The molecule has 0 aliphatic carbocycles. The summed E-state index contributed by atoms with van der Waals surface area (Å²) in [6.45, 7) is 5.68. The number of rotatable bonds is 2. The van der Waals surface area contributed by atoms with Crippen LogP contribution >= 0.6 is 0 Å². The molecule has 0 atom stereocenters. The fourth-order valence-corrected chi connectivity index (χ4v) is 1.61. The van der Waals surface area contributed by atoms with Crippen LogP contribution in [0.4, 0.5) is 0 Å². The van der Waals surface area contributed by atoms with Gasteiger partial charge in [0.2, 0.25) is 0 Å². The van der Waals surface area contributed by atoms with E-state index in [1.807, 2.05) is 57.2 Å². The summed E-state index contributed by atoms with van der Waals surface area (Å²) < 4.78 is 16.4. The predicted molar refractivity (Wildman–Crippen MR) is 89.3 cm³/mol. The van der Waals surface area contributed by atoms with Crippen LogP contribution in [-0.2, 0) is 26.5 Å². The number of benzene rings is 1. The second-order valence-electron chi connectivity index (χ2n) is 5.08. The monoisotopic (exact) mass is 484 g/mol. The zero-order valence-electron chi connectivity index (χ0n) is 15.8. The summed E-state index contributed by atoms with van der Waals surface area (Å²) in [5.74, 6) is 0. The van der Waals surface area contributed by atoms with Crippen molar-refractivity contribution in [2.24, 2.45) is 5.41 Å². The zero-order chi connectivity index (χ0) is 18.1. The maximum atomic E-state index is 8.21. The van der Waals surface area contributed by atoms with Crippen molar-refractivity contribution in [3.63, 3.8) is 0 Å². The molecule has 0 saturated heterocycles. The van der Waals surface area contributed by atoms with Crippen molar-refractivity contribution >= 4 is 0 Å². The van der Waals surface area contributed by atoms with Crippen molar-refractivity contribution in [2.45, 2.75) is 27.1 Å². The van der Waals surface area contributed by atoms with Crippen LogP contribution in [0.15, 0.2) is 42.6 Å². The van der Waals surface area contributed by atoms with Crippen molar-refractivity contribution in [3.05, 3.63) is 54.2 Å². The minimum atomic E-state index is -1.40. The molecular weight excluding hydrogens is 454 g/mol. The molecule has 0 unspecified atom stereocenters. The van der Waals surface area contributed by atoms with Gasteiger partial charge in [-0.25, -0.2) is 0 Å². The number of hydrogen-bond acceptors (Lipinski definition) is 2. The molecule has 0 amide bonds. The number of aliphatic hydroxyl groups excluding tert-OH is 1. The van der Waals surface area contributed by atoms with Gasteiger partial charge in [-0.3, -0.25) is 0 Å². The van der Waals surface area contributed by atoms with Gasteiger partial charge in [0.15, 0.2) is 0 Å². The van der Waals surface area contributed by atoms with E-state index in [0.717, 1.165) is 18.4 Å². The second-order valence-corrected chi connectivity index (χ2v) is 5.08. The molecule has 22 heavy (non-hydrogen) atoms. The summed E-state index contributed by atoms with van der Waals surface area (Å²) in [6.07, 6.45) is 0.223.